The van der Waals surface area contributed by atoms with Crippen LogP contribution in [-0.2, 0) is 12.8 Å². The first-order valence-corrected chi connectivity index (χ1v) is 6.69. The average Bonchev–Trinajstić information content (AvgIpc) is 2.27. The highest BCUT2D eigenvalue weighted by Gasteiger charge is 2.12. The molecular weight excluding hydrogens is 210 g/mol. The van der Waals surface area contributed by atoms with Gasteiger partial charge in [-0.05, 0) is 69.2 Å². The summed E-state index contributed by atoms with van der Waals surface area (Å²) in [6.45, 7) is 4.11. The predicted octanol–water partition coefficient (Wildman–Crippen LogP) is 3.07. The van der Waals surface area contributed by atoms with Gasteiger partial charge in [0.1, 0.15) is 5.75 Å². The summed E-state index contributed by atoms with van der Waals surface area (Å²) >= 11 is 0. The largest absolute Gasteiger partial charge is 0.491 e. The van der Waals surface area contributed by atoms with E-state index in [9.17, 15) is 0 Å². The molecule has 2 unspecified atom stereocenters. The molecule has 0 saturated carbocycles. The quantitative estimate of drug-likeness (QED) is 0.867. The Bertz CT molecular complexity index is 373. The van der Waals surface area contributed by atoms with Crippen LogP contribution in [0, 0.1) is 0 Å². The summed E-state index contributed by atoms with van der Waals surface area (Å²) in [6.07, 6.45) is 6.16. The number of fused-ring (bicyclic) bond motifs is 1. The highest BCUT2D eigenvalue weighted by Crippen LogP contribution is 2.26. The van der Waals surface area contributed by atoms with Gasteiger partial charge in [0, 0.05) is 6.04 Å². The molecule has 0 amide bonds. The van der Waals surface area contributed by atoms with E-state index in [2.05, 4.69) is 25.1 Å². The molecule has 1 aromatic rings. The number of benzene rings is 1. The molecule has 0 bridgehead atoms. The summed E-state index contributed by atoms with van der Waals surface area (Å²) in [4.78, 5) is 0. The van der Waals surface area contributed by atoms with Crippen LogP contribution in [0.1, 0.15) is 44.2 Å². The minimum Gasteiger partial charge on any atom is -0.491 e. The van der Waals surface area contributed by atoms with Crippen molar-refractivity contribution in [2.75, 3.05) is 0 Å². The van der Waals surface area contributed by atoms with E-state index in [-0.39, 0.29) is 12.1 Å². The van der Waals surface area contributed by atoms with Crippen LogP contribution >= 0.6 is 0 Å². The van der Waals surface area contributed by atoms with Gasteiger partial charge in [-0.25, -0.2) is 0 Å². The maximum absolute atomic E-state index is 5.91. The van der Waals surface area contributed by atoms with E-state index >= 15 is 0 Å². The molecule has 0 aromatic heterocycles. The number of hydrogen-bond acceptors (Lipinski definition) is 2. The van der Waals surface area contributed by atoms with Crippen LogP contribution in [0.25, 0.3) is 0 Å². The van der Waals surface area contributed by atoms with Gasteiger partial charge in [0.15, 0.2) is 0 Å². The number of aryl methyl sites for hydroxylation is 2. The van der Waals surface area contributed by atoms with Crippen molar-refractivity contribution in [1.29, 1.82) is 0 Å². The molecular formula is C15H23NO. The van der Waals surface area contributed by atoms with E-state index in [1.807, 2.05) is 6.92 Å². The number of rotatable bonds is 4. The molecule has 2 nitrogen and oxygen atoms in total. The van der Waals surface area contributed by atoms with Crippen molar-refractivity contribution >= 4 is 0 Å². The number of hydrogen-bond donors (Lipinski definition) is 1. The van der Waals surface area contributed by atoms with Crippen molar-refractivity contribution in [3.05, 3.63) is 29.3 Å². The summed E-state index contributed by atoms with van der Waals surface area (Å²) in [5.74, 6) is 0.999. The van der Waals surface area contributed by atoms with E-state index in [0.29, 0.717) is 0 Å². The van der Waals surface area contributed by atoms with E-state index in [4.69, 9.17) is 10.5 Å². The zero-order valence-electron chi connectivity index (χ0n) is 10.9. The molecule has 1 aliphatic rings. The fourth-order valence-electron chi connectivity index (χ4n) is 2.59. The molecule has 1 aliphatic carbocycles. The summed E-state index contributed by atoms with van der Waals surface area (Å²) in [5.41, 5.74) is 8.75. The molecule has 0 radical (unpaired) electrons. The second-order valence-electron chi connectivity index (χ2n) is 5.28. The Balaban J connectivity index is 2.01. The zero-order valence-corrected chi connectivity index (χ0v) is 10.9. The fourth-order valence-corrected chi connectivity index (χ4v) is 2.59. The standard InChI is InChI=1S/C15H23NO/c1-11(16)9-12(2)17-15-8-7-13-5-3-4-6-14(13)10-15/h7-8,10-12H,3-6,9,16H2,1-2H3. The minimum absolute atomic E-state index is 0.191. The predicted molar refractivity (Wildman–Crippen MR) is 71.4 cm³/mol. The van der Waals surface area contributed by atoms with Crippen LogP contribution in [0.3, 0.4) is 0 Å². The van der Waals surface area contributed by atoms with Crippen LogP contribution in [-0.4, -0.2) is 12.1 Å². The summed E-state index contributed by atoms with van der Waals surface area (Å²) in [6, 6.07) is 6.74. The third-order valence-electron chi connectivity index (χ3n) is 3.36. The lowest BCUT2D eigenvalue weighted by molar-refractivity contribution is 0.203. The van der Waals surface area contributed by atoms with Crippen LogP contribution in [0.15, 0.2) is 18.2 Å². The number of ether oxygens (including phenoxy) is 1. The van der Waals surface area contributed by atoms with Crippen molar-refractivity contribution in [2.45, 2.75) is 58.1 Å². The average molecular weight is 233 g/mol. The van der Waals surface area contributed by atoms with Crippen LogP contribution in [0.5, 0.6) is 5.75 Å². The molecule has 0 heterocycles. The van der Waals surface area contributed by atoms with Gasteiger partial charge < -0.3 is 10.5 Å². The third kappa shape index (κ3) is 3.47. The van der Waals surface area contributed by atoms with Crippen molar-refractivity contribution in [2.24, 2.45) is 5.73 Å². The first-order chi connectivity index (χ1) is 8.15. The first kappa shape index (κ1) is 12.4. The van der Waals surface area contributed by atoms with Crippen molar-refractivity contribution in [3.8, 4) is 5.75 Å². The second-order valence-corrected chi connectivity index (χ2v) is 5.28. The van der Waals surface area contributed by atoms with Gasteiger partial charge in [-0.1, -0.05) is 6.07 Å². The third-order valence-corrected chi connectivity index (χ3v) is 3.36. The Kier molecular flexibility index (Phi) is 4.06. The van der Waals surface area contributed by atoms with Crippen molar-refractivity contribution in [1.82, 2.24) is 0 Å². The molecule has 2 heteroatoms. The molecule has 0 spiro atoms. The SMILES string of the molecule is CC(N)CC(C)Oc1ccc2c(c1)CCCC2. The molecule has 2 atom stereocenters. The summed E-state index contributed by atoms with van der Waals surface area (Å²) in [7, 11) is 0. The zero-order chi connectivity index (χ0) is 12.3. The van der Waals surface area contributed by atoms with Crippen LogP contribution in [0.4, 0.5) is 0 Å². The summed E-state index contributed by atoms with van der Waals surface area (Å²) < 4.78 is 5.91. The molecule has 0 aliphatic heterocycles. The molecule has 0 fully saturated rings. The van der Waals surface area contributed by atoms with Gasteiger partial charge >= 0.3 is 0 Å². The lowest BCUT2D eigenvalue weighted by Gasteiger charge is -2.20. The van der Waals surface area contributed by atoms with E-state index in [1.54, 1.807) is 0 Å². The number of nitrogens with two attached hydrogens (primary N) is 1. The monoisotopic (exact) mass is 233 g/mol. The molecule has 0 saturated heterocycles. The second kappa shape index (κ2) is 5.54. The Morgan fingerprint density at radius 3 is 2.59 bits per heavy atom. The maximum Gasteiger partial charge on any atom is 0.119 e. The van der Waals surface area contributed by atoms with Gasteiger partial charge in [-0.2, -0.15) is 0 Å². The van der Waals surface area contributed by atoms with E-state index < -0.39 is 0 Å². The first-order valence-electron chi connectivity index (χ1n) is 6.69. The molecule has 17 heavy (non-hydrogen) atoms. The lowest BCUT2D eigenvalue weighted by atomic mass is 9.92. The molecule has 2 N–H and O–H groups in total. The van der Waals surface area contributed by atoms with Gasteiger partial charge in [-0.15, -0.1) is 0 Å². The van der Waals surface area contributed by atoms with Crippen LogP contribution < -0.4 is 10.5 Å². The molecule has 2 rings (SSSR count). The van der Waals surface area contributed by atoms with Crippen molar-refractivity contribution < 1.29 is 4.74 Å². The normalized spacial score (nSPS) is 18.3. The molecule has 94 valence electrons. The Morgan fingerprint density at radius 2 is 1.88 bits per heavy atom. The van der Waals surface area contributed by atoms with Crippen LogP contribution in [0.2, 0.25) is 0 Å². The minimum atomic E-state index is 0.191. The Morgan fingerprint density at radius 1 is 1.18 bits per heavy atom. The molecule has 1 aromatic carbocycles. The van der Waals surface area contributed by atoms with Crippen molar-refractivity contribution in [3.63, 3.8) is 0 Å². The topological polar surface area (TPSA) is 35.2 Å². The van der Waals surface area contributed by atoms with Gasteiger partial charge in [0.2, 0.25) is 0 Å². The highest BCUT2D eigenvalue weighted by molar-refractivity contribution is 5.37. The highest BCUT2D eigenvalue weighted by atomic mass is 16.5. The summed E-state index contributed by atoms with van der Waals surface area (Å²) in [5, 5.41) is 0. The van der Waals surface area contributed by atoms with E-state index in [0.717, 1.165) is 12.2 Å². The van der Waals surface area contributed by atoms with Gasteiger partial charge in [-0.3, -0.25) is 0 Å². The van der Waals surface area contributed by atoms with E-state index in [1.165, 1.54) is 36.8 Å². The lowest BCUT2D eigenvalue weighted by Crippen LogP contribution is -2.24. The Labute approximate surface area is 104 Å². The van der Waals surface area contributed by atoms with Gasteiger partial charge in [0.25, 0.3) is 0 Å². The fraction of sp³-hybridized carbons (Fsp3) is 0.600. The maximum atomic E-state index is 5.91. The Hall–Kier alpha value is -1.02. The van der Waals surface area contributed by atoms with Gasteiger partial charge in [0.05, 0.1) is 6.10 Å². The smallest absolute Gasteiger partial charge is 0.119 e.